The summed E-state index contributed by atoms with van der Waals surface area (Å²) in [4.78, 5) is 27.8. The lowest BCUT2D eigenvalue weighted by atomic mass is 10.0. The number of amides is 2. The van der Waals surface area contributed by atoms with Crippen molar-refractivity contribution in [2.45, 2.75) is 38.5 Å². The molecule has 2 aromatic rings. The number of benzene rings is 2. The molecule has 2 amide bonds. The maximum absolute atomic E-state index is 13.1. The third kappa shape index (κ3) is 4.82. The van der Waals surface area contributed by atoms with Crippen molar-refractivity contribution < 1.29 is 18.0 Å². The molecule has 1 heterocycles. The van der Waals surface area contributed by atoms with Gasteiger partial charge >= 0.3 is 0 Å². The Morgan fingerprint density at radius 1 is 1.09 bits per heavy atom. The van der Waals surface area contributed by atoms with E-state index >= 15 is 0 Å². The normalized spacial score (nSPS) is 14.1. The third-order valence-electron chi connectivity index (χ3n) is 5.64. The predicted molar refractivity (Wildman–Crippen MR) is 126 cm³/mol. The highest BCUT2D eigenvalue weighted by atomic mass is 35.5. The molecule has 1 fully saturated rings. The number of carbonyl (C=O) groups excluding carboxylic acids is 2. The Kier molecular flexibility index (Phi) is 7.59. The van der Waals surface area contributed by atoms with Gasteiger partial charge in [-0.1, -0.05) is 37.6 Å². The smallest absolute Gasteiger partial charge is 0.256 e. The molecule has 2 aromatic carbocycles. The summed E-state index contributed by atoms with van der Waals surface area (Å²) in [5.41, 5.74) is 1.75. The summed E-state index contributed by atoms with van der Waals surface area (Å²) in [6, 6.07) is 9.43. The lowest BCUT2D eigenvalue weighted by molar-refractivity contribution is 0.0793. The van der Waals surface area contributed by atoms with Gasteiger partial charge in [-0.25, -0.2) is 8.42 Å². The number of sulfonamides is 1. The minimum Gasteiger partial charge on any atom is -0.339 e. The van der Waals surface area contributed by atoms with Crippen LogP contribution < -0.4 is 5.32 Å². The first kappa shape index (κ1) is 24.2. The second-order valence-electron chi connectivity index (χ2n) is 7.69. The minimum atomic E-state index is -3.84. The van der Waals surface area contributed by atoms with E-state index in [9.17, 15) is 18.0 Å². The van der Waals surface area contributed by atoms with Gasteiger partial charge in [0.05, 0.1) is 16.3 Å². The number of rotatable bonds is 7. The maximum atomic E-state index is 13.1. The van der Waals surface area contributed by atoms with Crippen molar-refractivity contribution in [2.24, 2.45) is 0 Å². The molecule has 32 heavy (non-hydrogen) atoms. The first-order valence-corrected chi connectivity index (χ1v) is 12.5. The number of hydrogen-bond acceptors (Lipinski definition) is 4. The Hall–Kier alpha value is -2.42. The molecule has 0 spiro atoms. The van der Waals surface area contributed by atoms with Gasteiger partial charge in [0.15, 0.2) is 0 Å². The van der Waals surface area contributed by atoms with Crippen molar-refractivity contribution >= 4 is 39.1 Å². The standard InChI is InChI=1S/C23H28ClN3O4S/c1-4-27(5-2)32(30,31)20-15-17(11-12-18(20)24)22(28)25-19-10-8-9-16(3)21(19)23(29)26-13-6-7-14-26/h8-12,15H,4-7,13-14H2,1-3H3,(H,25,28). The van der Waals surface area contributed by atoms with Crippen LogP contribution in [0.3, 0.4) is 0 Å². The molecule has 0 radical (unpaired) electrons. The van der Waals surface area contributed by atoms with E-state index in [0.717, 1.165) is 18.4 Å². The zero-order valence-corrected chi connectivity index (χ0v) is 20.1. The number of nitrogens with zero attached hydrogens (tertiary/aromatic N) is 2. The predicted octanol–water partition coefficient (Wildman–Crippen LogP) is 4.17. The van der Waals surface area contributed by atoms with E-state index < -0.39 is 15.9 Å². The second kappa shape index (κ2) is 10.0. The van der Waals surface area contributed by atoms with Crippen LogP contribution in [0.15, 0.2) is 41.3 Å². The van der Waals surface area contributed by atoms with Crippen molar-refractivity contribution in [1.29, 1.82) is 0 Å². The van der Waals surface area contributed by atoms with Crippen LogP contribution in [0.5, 0.6) is 0 Å². The highest BCUT2D eigenvalue weighted by Crippen LogP contribution is 2.28. The van der Waals surface area contributed by atoms with Gasteiger partial charge in [0, 0.05) is 31.7 Å². The lowest BCUT2D eigenvalue weighted by Crippen LogP contribution is -2.31. The summed E-state index contributed by atoms with van der Waals surface area (Å²) >= 11 is 6.18. The van der Waals surface area contributed by atoms with Crippen LogP contribution in [0.4, 0.5) is 5.69 Å². The number of carbonyl (C=O) groups is 2. The highest BCUT2D eigenvalue weighted by Gasteiger charge is 2.27. The SMILES string of the molecule is CCN(CC)S(=O)(=O)c1cc(C(=O)Nc2cccc(C)c2C(=O)N2CCCC2)ccc1Cl. The van der Waals surface area contributed by atoms with E-state index in [1.807, 2.05) is 13.0 Å². The largest absolute Gasteiger partial charge is 0.339 e. The van der Waals surface area contributed by atoms with Crippen LogP contribution in [0.25, 0.3) is 0 Å². The van der Waals surface area contributed by atoms with Gasteiger partial charge in [-0.15, -0.1) is 0 Å². The molecule has 3 rings (SSSR count). The molecule has 0 atom stereocenters. The molecule has 1 aliphatic rings. The van der Waals surface area contributed by atoms with Gasteiger partial charge in [-0.3, -0.25) is 9.59 Å². The molecule has 0 bridgehead atoms. The maximum Gasteiger partial charge on any atom is 0.256 e. The van der Waals surface area contributed by atoms with Gasteiger partial charge < -0.3 is 10.2 Å². The summed E-state index contributed by atoms with van der Waals surface area (Å²) in [6.45, 7) is 7.28. The molecule has 1 saturated heterocycles. The topological polar surface area (TPSA) is 86.8 Å². The molecule has 9 heteroatoms. The Morgan fingerprint density at radius 3 is 2.38 bits per heavy atom. The number of halogens is 1. The van der Waals surface area contributed by atoms with E-state index in [2.05, 4.69) is 5.32 Å². The van der Waals surface area contributed by atoms with Gasteiger partial charge in [0.1, 0.15) is 4.90 Å². The van der Waals surface area contributed by atoms with Gasteiger partial charge in [0.25, 0.3) is 11.8 Å². The van der Waals surface area contributed by atoms with Gasteiger partial charge in [-0.05, 0) is 49.6 Å². The van der Waals surface area contributed by atoms with Crippen molar-refractivity contribution in [2.75, 3.05) is 31.5 Å². The summed E-state index contributed by atoms with van der Waals surface area (Å²) in [7, 11) is -3.84. The first-order chi connectivity index (χ1) is 15.2. The quantitative estimate of drug-likeness (QED) is 0.648. The minimum absolute atomic E-state index is 0.0499. The zero-order valence-electron chi connectivity index (χ0n) is 18.5. The highest BCUT2D eigenvalue weighted by molar-refractivity contribution is 7.89. The molecular formula is C23H28ClN3O4S. The molecule has 0 unspecified atom stereocenters. The molecule has 0 aliphatic carbocycles. The molecule has 7 nitrogen and oxygen atoms in total. The molecule has 1 aliphatic heterocycles. The summed E-state index contributed by atoms with van der Waals surface area (Å²) in [5, 5.41) is 2.84. The summed E-state index contributed by atoms with van der Waals surface area (Å²) in [5.74, 6) is -0.629. The fourth-order valence-electron chi connectivity index (χ4n) is 3.87. The molecule has 1 N–H and O–H groups in total. The number of hydrogen-bond donors (Lipinski definition) is 1. The van der Waals surface area contributed by atoms with Gasteiger partial charge in [0.2, 0.25) is 10.0 Å². The number of aryl methyl sites for hydroxylation is 1. The molecular weight excluding hydrogens is 450 g/mol. The van der Waals surface area contributed by atoms with Crippen molar-refractivity contribution in [3.63, 3.8) is 0 Å². The Balaban J connectivity index is 1.94. The van der Waals surface area contributed by atoms with Crippen LogP contribution >= 0.6 is 11.6 Å². The summed E-state index contributed by atoms with van der Waals surface area (Å²) in [6.07, 6.45) is 1.93. The monoisotopic (exact) mass is 477 g/mol. The first-order valence-electron chi connectivity index (χ1n) is 10.7. The lowest BCUT2D eigenvalue weighted by Gasteiger charge is -2.20. The Bertz CT molecular complexity index is 1120. The number of anilines is 1. The Morgan fingerprint density at radius 2 is 1.75 bits per heavy atom. The van der Waals surface area contributed by atoms with Crippen molar-refractivity contribution in [3.8, 4) is 0 Å². The molecule has 0 aromatic heterocycles. The van der Waals surface area contributed by atoms with Crippen LogP contribution in [0, 0.1) is 6.92 Å². The fourth-order valence-corrected chi connectivity index (χ4v) is 5.83. The van der Waals surface area contributed by atoms with E-state index in [1.165, 1.54) is 22.5 Å². The van der Waals surface area contributed by atoms with E-state index in [-0.39, 0.29) is 34.5 Å². The second-order valence-corrected chi connectivity index (χ2v) is 10.00. The average molecular weight is 478 g/mol. The van der Waals surface area contributed by atoms with Crippen LogP contribution in [0.2, 0.25) is 5.02 Å². The van der Waals surface area contributed by atoms with Crippen LogP contribution in [-0.4, -0.2) is 55.6 Å². The molecule has 172 valence electrons. The average Bonchev–Trinajstić information content (AvgIpc) is 3.29. The third-order valence-corrected chi connectivity index (χ3v) is 8.18. The van der Waals surface area contributed by atoms with Crippen LogP contribution in [0.1, 0.15) is 53.0 Å². The Labute approximate surface area is 194 Å². The number of nitrogens with one attached hydrogen (secondary N) is 1. The van der Waals surface area contributed by atoms with E-state index in [4.69, 9.17) is 11.6 Å². The van der Waals surface area contributed by atoms with E-state index in [0.29, 0.717) is 24.3 Å². The van der Waals surface area contributed by atoms with Crippen LogP contribution in [-0.2, 0) is 10.0 Å². The van der Waals surface area contributed by atoms with Crippen molar-refractivity contribution in [1.82, 2.24) is 9.21 Å². The van der Waals surface area contributed by atoms with Crippen molar-refractivity contribution in [3.05, 3.63) is 58.1 Å². The zero-order chi connectivity index (χ0) is 23.5. The van der Waals surface area contributed by atoms with Gasteiger partial charge in [-0.2, -0.15) is 4.31 Å². The fraction of sp³-hybridized carbons (Fsp3) is 0.391. The van der Waals surface area contributed by atoms with E-state index in [1.54, 1.807) is 30.9 Å². The summed E-state index contributed by atoms with van der Waals surface area (Å²) < 4.78 is 27.2. The number of likely N-dealkylation sites (tertiary alicyclic amines) is 1. The molecule has 0 saturated carbocycles.